The first-order chi connectivity index (χ1) is 9.54. The summed E-state index contributed by atoms with van der Waals surface area (Å²) in [5.74, 6) is -0.973. The number of amides is 1. The van der Waals surface area contributed by atoms with Gasteiger partial charge in [0.1, 0.15) is 11.6 Å². The van der Waals surface area contributed by atoms with E-state index in [1.54, 1.807) is 0 Å². The van der Waals surface area contributed by atoms with E-state index >= 15 is 0 Å². The first-order valence-corrected chi connectivity index (χ1v) is 6.43. The third-order valence-electron chi connectivity index (χ3n) is 2.77. The van der Waals surface area contributed by atoms with Crippen molar-refractivity contribution in [3.8, 4) is 5.75 Å². The molecule has 5 nitrogen and oxygen atoms in total. The molecule has 108 valence electrons. The first-order valence-electron chi connectivity index (χ1n) is 6.43. The van der Waals surface area contributed by atoms with Gasteiger partial charge in [0.2, 0.25) is 0 Å². The van der Waals surface area contributed by atoms with Crippen molar-refractivity contribution in [2.24, 2.45) is 0 Å². The summed E-state index contributed by atoms with van der Waals surface area (Å²) in [7, 11) is 0. The van der Waals surface area contributed by atoms with Crippen LogP contribution in [0.1, 0.15) is 19.8 Å². The number of carbonyl (C=O) groups is 2. The van der Waals surface area contributed by atoms with E-state index in [1.165, 1.54) is 31.2 Å². The van der Waals surface area contributed by atoms with Crippen molar-refractivity contribution in [3.63, 3.8) is 0 Å². The van der Waals surface area contributed by atoms with Crippen molar-refractivity contribution >= 4 is 11.9 Å². The number of ether oxygens (including phenoxy) is 2. The van der Waals surface area contributed by atoms with Crippen LogP contribution in [0.25, 0.3) is 0 Å². The molecule has 1 atom stereocenters. The topological polar surface area (TPSA) is 64.6 Å². The van der Waals surface area contributed by atoms with Crippen molar-refractivity contribution in [1.29, 1.82) is 0 Å². The highest BCUT2D eigenvalue weighted by Crippen LogP contribution is 2.18. The standard InChI is InChI=1S/C14H16FNO4/c1-9(14(18)16-11-4-5-11)20-13(17)8-19-12-6-2-10(15)3-7-12/h2-3,6-7,9,11H,4-5,8H2,1H3,(H,16,18)/t9-/m0/s1. The fourth-order valence-electron chi connectivity index (χ4n) is 1.50. The monoisotopic (exact) mass is 281 g/mol. The Morgan fingerprint density at radius 2 is 2.00 bits per heavy atom. The molecule has 0 saturated heterocycles. The average Bonchev–Trinajstić information content (AvgIpc) is 3.22. The van der Waals surface area contributed by atoms with E-state index in [0.717, 1.165) is 12.8 Å². The largest absolute Gasteiger partial charge is 0.482 e. The van der Waals surface area contributed by atoms with Gasteiger partial charge in [0.05, 0.1) is 0 Å². The quantitative estimate of drug-likeness (QED) is 0.801. The summed E-state index contributed by atoms with van der Waals surface area (Å²) in [5, 5.41) is 2.74. The van der Waals surface area contributed by atoms with Crippen molar-refractivity contribution in [2.45, 2.75) is 31.9 Å². The number of carbonyl (C=O) groups excluding carboxylic acids is 2. The number of hydrogen-bond donors (Lipinski definition) is 1. The number of halogens is 1. The second-order valence-corrected chi connectivity index (χ2v) is 4.66. The molecule has 2 rings (SSSR count). The molecule has 1 aromatic rings. The summed E-state index contributed by atoms with van der Waals surface area (Å²) < 4.78 is 22.7. The van der Waals surface area contributed by atoms with Crippen LogP contribution in [0.15, 0.2) is 24.3 Å². The zero-order valence-electron chi connectivity index (χ0n) is 11.1. The van der Waals surface area contributed by atoms with Gasteiger partial charge in [-0.1, -0.05) is 0 Å². The predicted molar refractivity (Wildman–Crippen MR) is 68.6 cm³/mol. The lowest BCUT2D eigenvalue weighted by molar-refractivity contribution is -0.156. The zero-order valence-corrected chi connectivity index (χ0v) is 11.1. The van der Waals surface area contributed by atoms with Crippen LogP contribution in [0.3, 0.4) is 0 Å². The van der Waals surface area contributed by atoms with E-state index < -0.39 is 12.1 Å². The Hall–Kier alpha value is -2.11. The minimum absolute atomic E-state index is 0.221. The van der Waals surface area contributed by atoms with E-state index in [0.29, 0.717) is 5.75 Å². The molecule has 1 aliphatic carbocycles. The smallest absolute Gasteiger partial charge is 0.344 e. The van der Waals surface area contributed by atoms with Gasteiger partial charge >= 0.3 is 5.97 Å². The Labute approximate surface area is 116 Å². The molecule has 0 aliphatic heterocycles. The van der Waals surface area contributed by atoms with Gasteiger partial charge in [-0.2, -0.15) is 0 Å². The van der Waals surface area contributed by atoms with Crippen LogP contribution in [-0.4, -0.2) is 30.6 Å². The molecule has 1 aliphatic rings. The van der Waals surface area contributed by atoms with Gasteiger partial charge in [-0.15, -0.1) is 0 Å². The van der Waals surface area contributed by atoms with Crippen molar-refractivity contribution in [3.05, 3.63) is 30.1 Å². The molecule has 0 unspecified atom stereocenters. The van der Waals surface area contributed by atoms with Gasteiger partial charge in [0.15, 0.2) is 12.7 Å². The molecule has 6 heteroatoms. The molecule has 1 N–H and O–H groups in total. The van der Waals surface area contributed by atoms with Crippen LogP contribution in [0.5, 0.6) is 5.75 Å². The van der Waals surface area contributed by atoms with Gasteiger partial charge in [0, 0.05) is 6.04 Å². The maximum absolute atomic E-state index is 12.7. The van der Waals surface area contributed by atoms with Crippen molar-refractivity contribution < 1.29 is 23.5 Å². The van der Waals surface area contributed by atoms with E-state index in [2.05, 4.69) is 5.32 Å². The summed E-state index contributed by atoms with van der Waals surface area (Å²) in [6.45, 7) is 1.18. The molecule has 1 aromatic carbocycles. The van der Waals surface area contributed by atoms with Crippen LogP contribution in [0, 0.1) is 5.82 Å². The van der Waals surface area contributed by atoms with E-state index in [-0.39, 0.29) is 24.4 Å². The Balaban J connectivity index is 1.71. The molecule has 0 bridgehead atoms. The lowest BCUT2D eigenvalue weighted by Gasteiger charge is -2.13. The highest BCUT2D eigenvalue weighted by molar-refractivity contribution is 5.84. The highest BCUT2D eigenvalue weighted by atomic mass is 19.1. The highest BCUT2D eigenvalue weighted by Gasteiger charge is 2.27. The molecule has 0 spiro atoms. The molecule has 0 radical (unpaired) electrons. The maximum atomic E-state index is 12.7. The summed E-state index contributed by atoms with van der Waals surface area (Å²) in [5.41, 5.74) is 0. The van der Waals surface area contributed by atoms with Crippen LogP contribution in [0.2, 0.25) is 0 Å². The van der Waals surface area contributed by atoms with Gasteiger partial charge in [0.25, 0.3) is 5.91 Å². The molecular formula is C14H16FNO4. The van der Waals surface area contributed by atoms with Crippen LogP contribution >= 0.6 is 0 Å². The Morgan fingerprint density at radius 1 is 1.35 bits per heavy atom. The summed E-state index contributed by atoms with van der Waals surface area (Å²) in [4.78, 5) is 23.1. The number of esters is 1. The Bertz CT molecular complexity index is 484. The maximum Gasteiger partial charge on any atom is 0.344 e. The predicted octanol–water partition coefficient (Wildman–Crippen LogP) is 1.41. The first kappa shape index (κ1) is 14.3. The third kappa shape index (κ3) is 4.53. The molecule has 0 aromatic heterocycles. The number of hydrogen-bond acceptors (Lipinski definition) is 4. The van der Waals surface area contributed by atoms with E-state index in [4.69, 9.17) is 9.47 Å². The number of rotatable bonds is 6. The lowest BCUT2D eigenvalue weighted by atomic mass is 10.3. The normalized spacial score (nSPS) is 15.3. The molecule has 0 heterocycles. The van der Waals surface area contributed by atoms with Crippen LogP contribution in [-0.2, 0) is 14.3 Å². The summed E-state index contributed by atoms with van der Waals surface area (Å²) in [6.07, 6.45) is 1.10. The molecule has 1 amide bonds. The second kappa shape index (κ2) is 6.36. The fraction of sp³-hybridized carbons (Fsp3) is 0.429. The summed E-state index contributed by atoms with van der Waals surface area (Å²) in [6, 6.07) is 5.50. The SMILES string of the molecule is C[C@H](OC(=O)COc1ccc(F)cc1)C(=O)NC1CC1. The van der Waals surface area contributed by atoms with Gasteiger partial charge < -0.3 is 14.8 Å². The minimum atomic E-state index is -0.847. The Morgan fingerprint density at radius 3 is 2.60 bits per heavy atom. The van der Waals surface area contributed by atoms with Gasteiger partial charge in [-0.25, -0.2) is 9.18 Å². The molecular weight excluding hydrogens is 265 g/mol. The zero-order chi connectivity index (χ0) is 14.5. The van der Waals surface area contributed by atoms with Crippen molar-refractivity contribution in [2.75, 3.05) is 6.61 Å². The van der Waals surface area contributed by atoms with Gasteiger partial charge in [-0.05, 0) is 44.0 Å². The molecule has 1 fully saturated rings. The van der Waals surface area contributed by atoms with Crippen molar-refractivity contribution in [1.82, 2.24) is 5.32 Å². The fourth-order valence-corrected chi connectivity index (χ4v) is 1.50. The van der Waals surface area contributed by atoms with Crippen LogP contribution < -0.4 is 10.1 Å². The minimum Gasteiger partial charge on any atom is -0.482 e. The van der Waals surface area contributed by atoms with E-state index in [9.17, 15) is 14.0 Å². The van der Waals surface area contributed by atoms with E-state index in [1.807, 2.05) is 0 Å². The van der Waals surface area contributed by atoms with Gasteiger partial charge in [-0.3, -0.25) is 4.79 Å². The second-order valence-electron chi connectivity index (χ2n) is 4.66. The number of nitrogens with one attached hydrogen (secondary N) is 1. The molecule has 20 heavy (non-hydrogen) atoms. The summed E-state index contributed by atoms with van der Waals surface area (Å²) >= 11 is 0. The Kier molecular flexibility index (Phi) is 4.55. The number of benzene rings is 1. The molecule has 1 saturated carbocycles. The van der Waals surface area contributed by atoms with Crippen LogP contribution in [0.4, 0.5) is 4.39 Å². The lowest BCUT2D eigenvalue weighted by Crippen LogP contribution is -2.37. The third-order valence-corrected chi connectivity index (χ3v) is 2.77. The average molecular weight is 281 g/mol.